The molecule has 6 aromatic carbocycles. The zero-order chi connectivity index (χ0) is 51.2. The van der Waals surface area contributed by atoms with Gasteiger partial charge in [0.15, 0.2) is 0 Å². The van der Waals surface area contributed by atoms with Gasteiger partial charge < -0.3 is 47.7 Å². The second-order valence-electron chi connectivity index (χ2n) is 18.2. The number of nitrogens with one attached hydrogen (secondary N) is 3. The van der Waals surface area contributed by atoms with Crippen LogP contribution in [0.4, 0.5) is 38.5 Å². The molecule has 10 N–H and O–H groups in total. The van der Waals surface area contributed by atoms with Gasteiger partial charge in [0.1, 0.15) is 5.82 Å². The van der Waals surface area contributed by atoms with Crippen molar-refractivity contribution < 1.29 is 33.4 Å². The molecule has 3 fully saturated rings. The third kappa shape index (κ3) is 15.2. The Kier molecular flexibility index (Phi) is 17.8. The Morgan fingerprint density at radius 1 is 0.611 bits per heavy atom. The van der Waals surface area contributed by atoms with Gasteiger partial charge in [-0.05, 0) is 133 Å². The molecule has 6 aromatic rings. The maximum absolute atomic E-state index is 14.1. The number of carbonyl (C=O) groups is 3. The lowest BCUT2D eigenvalue weighted by molar-refractivity contribution is 0.0338. The number of halogens is 2. The van der Waals surface area contributed by atoms with E-state index in [-0.39, 0.29) is 17.4 Å². The minimum atomic E-state index is -0.651. The second kappa shape index (κ2) is 24.5. The highest BCUT2D eigenvalue weighted by Gasteiger charge is 2.22. The van der Waals surface area contributed by atoms with E-state index < -0.39 is 17.3 Å². The number of ether oxygens (including phenoxy) is 2. The molecule has 0 atom stereocenters. The predicted octanol–water partition coefficient (Wildman–Crippen LogP) is 10.4. The highest BCUT2D eigenvalue weighted by Crippen LogP contribution is 2.26. The molecule has 0 saturated carbocycles. The fraction of sp³-hybridized carbons (Fsp3) is 0.211. The summed E-state index contributed by atoms with van der Waals surface area (Å²) in [5, 5.41) is 18.7. The first-order valence-electron chi connectivity index (χ1n) is 23.4. The number of nitrogens with zero attached hydrogens (tertiary/aromatic N) is 1. The van der Waals surface area contributed by atoms with Gasteiger partial charge in [0, 0.05) is 35.8 Å². The lowest BCUT2D eigenvalue weighted by Crippen LogP contribution is -2.41. The van der Waals surface area contributed by atoms with E-state index in [4.69, 9.17) is 38.3 Å². The number of nitrogens with two attached hydrogens (primary N) is 3. The summed E-state index contributed by atoms with van der Waals surface area (Å²) in [7, 11) is 0. The number of β-amino-alcohol motifs (C(OH)–C–C–N with tert-alkyl or cyclic N) is 1. The third-order valence-electron chi connectivity index (χ3n) is 11.7. The van der Waals surface area contributed by atoms with Crippen molar-refractivity contribution in [2.75, 3.05) is 79.2 Å². The number of benzene rings is 6. The minimum Gasteiger partial charge on any atom is -0.397 e. The van der Waals surface area contributed by atoms with E-state index in [0.717, 1.165) is 42.6 Å². The van der Waals surface area contributed by atoms with Crippen molar-refractivity contribution >= 4 is 81.7 Å². The standard InChI is InChI=1S/C23H29N3O2.C17H15ClN2O2.C17H15FN2O2/c1-23(2,28)16-26-13-11-18(12-14-26)15-17-7-9-19(10-8-17)22(27)25-21-6-4-3-5-20(21)24;18-14-8-13(6-5-12(14)7-11-9-22-10-11)17(21)20-16-4-2-1-3-15(16)19;18-14-8-11(7-12-9-22-10-12)5-6-13(14)17(21)20-16-4-2-1-3-15(16)19/h3-10,15,28H,11-14,16,24H2,1-2H3,(H,25,27);2*1-8H,9-10,19H2,(H,20,21). The first-order valence-corrected chi connectivity index (χ1v) is 23.8. The lowest BCUT2D eigenvalue weighted by atomic mass is 9.99. The normalized spacial score (nSPS) is 14.2. The van der Waals surface area contributed by atoms with Crippen LogP contribution in [0.25, 0.3) is 18.2 Å². The third-order valence-corrected chi connectivity index (χ3v) is 12.0. The Labute approximate surface area is 424 Å². The van der Waals surface area contributed by atoms with Gasteiger partial charge in [-0.1, -0.05) is 90.0 Å². The van der Waals surface area contributed by atoms with Crippen LogP contribution in [0, 0.1) is 5.82 Å². The van der Waals surface area contributed by atoms with Gasteiger partial charge in [-0.25, -0.2) is 4.39 Å². The molecular formula is C57H59ClFN7O6. The molecule has 372 valence electrons. The van der Waals surface area contributed by atoms with Crippen LogP contribution in [0.15, 0.2) is 150 Å². The summed E-state index contributed by atoms with van der Waals surface area (Å²) in [6.07, 6.45) is 8.07. The molecule has 13 nitrogen and oxygen atoms in total. The van der Waals surface area contributed by atoms with Crippen molar-refractivity contribution in [1.82, 2.24) is 4.90 Å². The summed E-state index contributed by atoms with van der Waals surface area (Å²) in [5.41, 5.74) is 27.4. The summed E-state index contributed by atoms with van der Waals surface area (Å²) >= 11 is 6.24. The number of amides is 3. The smallest absolute Gasteiger partial charge is 0.258 e. The summed E-state index contributed by atoms with van der Waals surface area (Å²) in [6.45, 7) is 8.79. The zero-order valence-electron chi connectivity index (χ0n) is 40.2. The van der Waals surface area contributed by atoms with E-state index >= 15 is 0 Å². The van der Waals surface area contributed by atoms with Crippen molar-refractivity contribution in [1.29, 1.82) is 0 Å². The van der Waals surface area contributed by atoms with Gasteiger partial charge in [0.2, 0.25) is 0 Å². The molecule has 0 bridgehead atoms. The number of rotatable bonds is 11. The zero-order valence-corrected chi connectivity index (χ0v) is 41.0. The Hall–Kier alpha value is -7.59. The molecule has 0 aliphatic carbocycles. The number of carbonyl (C=O) groups excluding carboxylic acids is 3. The van der Waals surface area contributed by atoms with Crippen LogP contribution in [0.3, 0.4) is 0 Å². The van der Waals surface area contributed by atoms with Crippen LogP contribution in [0.1, 0.15) is 74.5 Å². The maximum Gasteiger partial charge on any atom is 0.258 e. The summed E-state index contributed by atoms with van der Waals surface area (Å²) in [4.78, 5) is 39.1. The van der Waals surface area contributed by atoms with E-state index in [2.05, 4.69) is 26.9 Å². The summed E-state index contributed by atoms with van der Waals surface area (Å²) in [6, 6.07) is 38.6. The van der Waals surface area contributed by atoms with Crippen LogP contribution in [-0.2, 0) is 9.47 Å². The fourth-order valence-electron chi connectivity index (χ4n) is 7.72. The number of hydrogen-bond acceptors (Lipinski definition) is 10. The number of nitrogen functional groups attached to an aromatic ring is 3. The Balaban J connectivity index is 0.000000160. The van der Waals surface area contributed by atoms with Crippen LogP contribution in [0.5, 0.6) is 0 Å². The van der Waals surface area contributed by atoms with Crippen molar-refractivity contribution in [3.63, 3.8) is 0 Å². The molecule has 9 rings (SSSR count). The first-order chi connectivity index (χ1) is 34.6. The van der Waals surface area contributed by atoms with E-state index in [1.165, 1.54) is 23.3 Å². The molecular weight excluding hydrogens is 933 g/mol. The first kappa shape index (κ1) is 52.2. The van der Waals surface area contributed by atoms with Crippen LogP contribution < -0.4 is 33.2 Å². The molecule has 72 heavy (non-hydrogen) atoms. The number of likely N-dealkylation sites (tertiary alicyclic amines) is 1. The molecule has 15 heteroatoms. The monoisotopic (exact) mass is 991 g/mol. The highest BCUT2D eigenvalue weighted by molar-refractivity contribution is 6.32. The Morgan fingerprint density at radius 3 is 1.54 bits per heavy atom. The van der Waals surface area contributed by atoms with Gasteiger partial charge in [0.25, 0.3) is 17.7 Å². The SMILES string of the molecule is CC(C)(O)CN1CCC(=Cc2ccc(C(=O)Nc3ccccc3N)cc2)CC1.Nc1ccccc1NC(=O)c1ccc(C=C2COC2)c(Cl)c1.Nc1ccccc1NC(=O)c1ccc(C=C2COC2)cc1F. The Morgan fingerprint density at radius 2 is 1.07 bits per heavy atom. The Bertz CT molecular complexity index is 2980. The number of para-hydroxylation sites is 6. The topological polar surface area (TPSA) is 207 Å². The van der Waals surface area contributed by atoms with Crippen LogP contribution in [0.2, 0.25) is 5.02 Å². The quantitative estimate of drug-likeness (QED) is 0.0611. The lowest BCUT2D eigenvalue weighted by Gasteiger charge is -2.32. The van der Waals surface area contributed by atoms with Crippen LogP contribution in [-0.4, -0.2) is 79.4 Å². The van der Waals surface area contributed by atoms with E-state index in [1.807, 2.05) is 80.6 Å². The highest BCUT2D eigenvalue weighted by atomic mass is 35.5. The average molecular weight is 993 g/mol. The number of piperidine rings is 1. The van der Waals surface area contributed by atoms with Crippen molar-refractivity contribution in [2.24, 2.45) is 0 Å². The minimum absolute atomic E-state index is 0.0183. The molecule has 0 unspecified atom stereocenters. The predicted molar refractivity (Wildman–Crippen MR) is 288 cm³/mol. The average Bonchev–Trinajstić information content (AvgIpc) is 3.32. The number of aliphatic hydroxyl groups is 1. The number of hydrogen-bond donors (Lipinski definition) is 7. The van der Waals surface area contributed by atoms with Gasteiger partial charge in [0.05, 0.1) is 71.7 Å². The van der Waals surface area contributed by atoms with E-state index in [0.29, 0.717) is 88.8 Å². The van der Waals surface area contributed by atoms with Crippen molar-refractivity contribution in [3.05, 3.63) is 194 Å². The van der Waals surface area contributed by atoms with Gasteiger partial charge in [-0.2, -0.15) is 0 Å². The molecule has 3 amide bonds. The molecule has 3 saturated heterocycles. The molecule has 3 aliphatic rings. The van der Waals surface area contributed by atoms with E-state index in [1.54, 1.807) is 66.7 Å². The molecule has 0 aromatic heterocycles. The summed E-state index contributed by atoms with van der Waals surface area (Å²) in [5.74, 6) is -1.51. The largest absolute Gasteiger partial charge is 0.397 e. The van der Waals surface area contributed by atoms with Gasteiger partial charge >= 0.3 is 0 Å². The van der Waals surface area contributed by atoms with Gasteiger partial charge in [-0.3, -0.25) is 19.3 Å². The number of anilines is 6. The molecule has 0 radical (unpaired) electrons. The maximum atomic E-state index is 14.1. The second-order valence-corrected chi connectivity index (χ2v) is 18.6. The van der Waals surface area contributed by atoms with Crippen molar-refractivity contribution in [3.8, 4) is 0 Å². The summed E-state index contributed by atoms with van der Waals surface area (Å²) < 4.78 is 24.3. The van der Waals surface area contributed by atoms with Crippen molar-refractivity contribution in [2.45, 2.75) is 32.3 Å². The van der Waals surface area contributed by atoms with Gasteiger partial charge in [-0.15, -0.1) is 0 Å². The van der Waals surface area contributed by atoms with Crippen LogP contribution >= 0.6 is 11.6 Å². The fourth-order valence-corrected chi connectivity index (χ4v) is 7.96. The molecule has 3 heterocycles. The molecule has 0 spiro atoms. The van der Waals surface area contributed by atoms with E-state index in [9.17, 15) is 23.9 Å². The molecule has 3 aliphatic heterocycles.